The van der Waals surface area contributed by atoms with Gasteiger partial charge < -0.3 is 10.1 Å². The fourth-order valence-corrected chi connectivity index (χ4v) is 1.94. The summed E-state index contributed by atoms with van der Waals surface area (Å²) in [7, 11) is 2.89. The van der Waals surface area contributed by atoms with Crippen molar-refractivity contribution in [3.8, 4) is 5.75 Å². The Labute approximate surface area is 120 Å². The third-order valence-electron chi connectivity index (χ3n) is 2.94. The number of ether oxygens (including phenoxy) is 1. The molecule has 2 rings (SSSR count). The second-order valence-electron chi connectivity index (χ2n) is 4.12. The second kappa shape index (κ2) is 6.00. The van der Waals surface area contributed by atoms with E-state index in [1.165, 1.54) is 32.5 Å². The summed E-state index contributed by atoms with van der Waals surface area (Å²) in [6.45, 7) is 0. The number of rotatable bonds is 4. The minimum Gasteiger partial charge on any atom is -0.489 e. The molecule has 7 heteroatoms. The zero-order valence-corrected chi connectivity index (χ0v) is 11.5. The van der Waals surface area contributed by atoms with E-state index in [9.17, 15) is 14.9 Å². The monoisotopic (exact) mass is 287 g/mol. The van der Waals surface area contributed by atoms with Crippen molar-refractivity contribution in [2.45, 2.75) is 0 Å². The third kappa shape index (κ3) is 2.81. The van der Waals surface area contributed by atoms with Crippen molar-refractivity contribution in [2.24, 2.45) is 0 Å². The fraction of sp³-hybridized carbons (Fsp3) is 0.143. The normalized spacial score (nSPS) is 10.8. The highest BCUT2D eigenvalue weighted by atomic mass is 16.6. The summed E-state index contributed by atoms with van der Waals surface area (Å²) in [5.74, 6) is -0.137. The second-order valence-corrected chi connectivity index (χ2v) is 4.12. The van der Waals surface area contributed by atoms with Crippen LogP contribution in [-0.4, -0.2) is 30.0 Å². The van der Waals surface area contributed by atoms with Crippen LogP contribution in [0.4, 0.5) is 5.69 Å². The Morgan fingerprint density at radius 1 is 1.43 bits per heavy atom. The standard InChI is InChI=1S/C14H13N3O4/c1-15-12(18)6-3-9-7-8-16-13-10(9)4-5-11(17(19)20)14(13)21-2/h3-8H,1-2H3,(H,15,18)/b6-3+. The Balaban J connectivity index is 2.64. The molecule has 0 aliphatic carbocycles. The Kier molecular flexibility index (Phi) is 4.13. The van der Waals surface area contributed by atoms with Crippen molar-refractivity contribution in [2.75, 3.05) is 14.2 Å². The average Bonchev–Trinajstić information content (AvgIpc) is 2.50. The molecule has 0 atom stereocenters. The van der Waals surface area contributed by atoms with E-state index in [0.29, 0.717) is 10.9 Å². The molecule has 0 fully saturated rings. The van der Waals surface area contributed by atoms with E-state index in [0.717, 1.165) is 5.56 Å². The summed E-state index contributed by atoms with van der Waals surface area (Å²) >= 11 is 0. The van der Waals surface area contributed by atoms with Gasteiger partial charge in [0.1, 0.15) is 5.52 Å². The maximum atomic E-state index is 11.3. The highest BCUT2D eigenvalue weighted by Gasteiger charge is 2.19. The summed E-state index contributed by atoms with van der Waals surface area (Å²) < 4.78 is 5.11. The van der Waals surface area contributed by atoms with Crippen LogP contribution < -0.4 is 10.1 Å². The summed E-state index contributed by atoms with van der Waals surface area (Å²) in [5, 5.41) is 14.1. The Hall–Kier alpha value is -2.96. The molecule has 0 bridgehead atoms. The van der Waals surface area contributed by atoms with E-state index in [1.807, 2.05) is 0 Å². The van der Waals surface area contributed by atoms with Gasteiger partial charge in [-0.3, -0.25) is 19.9 Å². The molecular formula is C14H13N3O4. The van der Waals surface area contributed by atoms with Crippen LogP contribution in [0.15, 0.2) is 30.5 Å². The number of carbonyl (C=O) groups is 1. The van der Waals surface area contributed by atoms with Crippen molar-refractivity contribution in [1.29, 1.82) is 0 Å². The fourth-order valence-electron chi connectivity index (χ4n) is 1.94. The number of aromatic nitrogens is 1. The van der Waals surface area contributed by atoms with Crippen LogP contribution in [0, 0.1) is 10.1 Å². The Morgan fingerprint density at radius 2 is 2.19 bits per heavy atom. The van der Waals surface area contributed by atoms with Gasteiger partial charge in [-0.05, 0) is 23.8 Å². The summed E-state index contributed by atoms with van der Waals surface area (Å²) in [6, 6.07) is 4.67. The van der Waals surface area contributed by atoms with Gasteiger partial charge in [0.2, 0.25) is 11.7 Å². The predicted molar refractivity (Wildman–Crippen MR) is 78.1 cm³/mol. The van der Waals surface area contributed by atoms with Gasteiger partial charge in [-0.1, -0.05) is 0 Å². The van der Waals surface area contributed by atoms with Gasteiger partial charge in [0.25, 0.3) is 0 Å². The zero-order valence-electron chi connectivity index (χ0n) is 11.5. The van der Waals surface area contributed by atoms with Crippen LogP contribution in [0.3, 0.4) is 0 Å². The SMILES string of the molecule is CNC(=O)/C=C/c1ccnc2c(OC)c([N+](=O)[O-])ccc12. The average molecular weight is 287 g/mol. The molecule has 2 aromatic rings. The van der Waals surface area contributed by atoms with Gasteiger partial charge in [0, 0.05) is 30.8 Å². The molecule has 0 radical (unpaired) electrons. The zero-order chi connectivity index (χ0) is 15.4. The first kappa shape index (κ1) is 14.4. The number of nitro benzene ring substituents is 1. The Morgan fingerprint density at radius 3 is 2.81 bits per heavy atom. The molecule has 21 heavy (non-hydrogen) atoms. The van der Waals surface area contributed by atoms with E-state index in [-0.39, 0.29) is 17.3 Å². The van der Waals surface area contributed by atoms with Gasteiger partial charge in [0.15, 0.2) is 0 Å². The number of pyridine rings is 1. The number of hydrogen-bond donors (Lipinski definition) is 1. The molecule has 0 aliphatic rings. The molecule has 0 spiro atoms. The minimum absolute atomic E-state index is 0.104. The van der Waals surface area contributed by atoms with E-state index in [1.54, 1.807) is 18.2 Å². The number of hydrogen-bond acceptors (Lipinski definition) is 5. The molecule has 0 saturated carbocycles. The van der Waals surface area contributed by atoms with Crippen LogP contribution in [-0.2, 0) is 4.79 Å². The van der Waals surface area contributed by atoms with Crippen LogP contribution in [0.5, 0.6) is 5.75 Å². The lowest BCUT2D eigenvalue weighted by atomic mass is 10.1. The third-order valence-corrected chi connectivity index (χ3v) is 2.94. The highest BCUT2D eigenvalue weighted by Crippen LogP contribution is 2.35. The highest BCUT2D eigenvalue weighted by molar-refractivity contribution is 5.98. The van der Waals surface area contributed by atoms with Crippen LogP contribution in [0.1, 0.15) is 5.56 Å². The number of methoxy groups -OCH3 is 1. The topological polar surface area (TPSA) is 94.4 Å². The van der Waals surface area contributed by atoms with Crippen LogP contribution in [0.25, 0.3) is 17.0 Å². The smallest absolute Gasteiger partial charge is 0.313 e. The van der Waals surface area contributed by atoms with Gasteiger partial charge in [-0.25, -0.2) is 0 Å². The molecule has 7 nitrogen and oxygen atoms in total. The number of benzene rings is 1. The molecule has 1 amide bonds. The van der Waals surface area contributed by atoms with E-state index < -0.39 is 4.92 Å². The molecule has 108 valence electrons. The van der Waals surface area contributed by atoms with Gasteiger partial charge in [0.05, 0.1) is 12.0 Å². The number of amides is 1. The quantitative estimate of drug-likeness (QED) is 0.526. The number of nitrogens with one attached hydrogen (secondary N) is 1. The minimum atomic E-state index is -0.521. The van der Waals surface area contributed by atoms with E-state index >= 15 is 0 Å². The van der Waals surface area contributed by atoms with Gasteiger partial charge in [-0.15, -0.1) is 0 Å². The number of nitrogens with zero attached hydrogens (tertiary/aromatic N) is 2. The summed E-state index contributed by atoms with van der Waals surface area (Å²) in [4.78, 5) is 25.9. The molecular weight excluding hydrogens is 274 g/mol. The molecule has 1 aromatic carbocycles. The lowest BCUT2D eigenvalue weighted by Crippen LogP contribution is -2.13. The summed E-state index contributed by atoms with van der Waals surface area (Å²) in [5.41, 5.74) is 0.951. The predicted octanol–water partition coefficient (Wildman–Crippen LogP) is 1.91. The lowest BCUT2D eigenvalue weighted by molar-refractivity contribution is -0.385. The number of carbonyl (C=O) groups excluding carboxylic acids is 1. The van der Waals surface area contributed by atoms with Crippen molar-refractivity contribution in [1.82, 2.24) is 10.3 Å². The summed E-state index contributed by atoms with van der Waals surface area (Å²) in [6.07, 6.45) is 4.51. The first-order valence-corrected chi connectivity index (χ1v) is 6.08. The number of fused-ring (bicyclic) bond motifs is 1. The van der Waals surface area contributed by atoms with Crippen LogP contribution in [0.2, 0.25) is 0 Å². The first-order chi connectivity index (χ1) is 10.1. The van der Waals surface area contributed by atoms with Crippen molar-refractivity contribution in [3.63, 3.8) is 0 Å². The van der Waals surface area contributed by atoms with Crippen molar-refractivity contribution in [3.05, 3.63) is 46.1 Å². The molecule has 1 heterocycles. The Bertz CT molecular complexity index is 740. The van der Waals surface area contributed by atoms with Crippen LogP contribution >= 0.6 is 0 Å². The van der Waals surface area contributed by atoms with Gasteiger partial charge >= 0.3 is 5.69 Å². The molecule has 1 N–H and O–H groups in total. The van der Waals surface area contributed by atoms with Crippen molar-refractivity contribution < 1.29 is 14.5 Å². The van der Waals surface area contributed by atoms with E-state index in [2.05, 4.69) is 10.3 Å². The lowest BCUT2D eigenvalue weighted by Gasteiger charge is -2.07. The van der Waals surface area contributed by atoms with E-state index in [4.69, 9.17) is 4.74 Å². The number of likely N-dealkylation sites (N-methyl/N-ethyl adjacent to an activating group) is 1. The molecule has 0 saturated heterocycles. The van der Waals surface area contributed by atoms with Gasteiger partial charge in [-0.2, -0.15) is 0 Å². The maximum absolute atomic E-state index is 11.3. The number of nitro groups is 1. The first-order valence-electron chi connectivity index (χ1n) is 6.08. The van der Waals surface area contributed by atoms with Crippen molar-refractivity contribution >= 4 is 28.6 Å². The molecule has 0 aliphatic heterocycles. The largest absolute Gasteiger partial charge is 0.489 e. The molecule has 0 unspecified atom stereocenters. The maximum Gasteiger partial charge on any atom is 0.313 e. The molecule has 1 aromatic heterocycles.